The van der Waals surface area contributed by atoms with Gasteiger partial charge in [0.15, 0.2) is 0 Å². The van der Waals surface area contributed by atoms with Crippen molar-refractivity contribution in [2.75, 3.05) is 7.05 Å². The third-order valence-electron chi connectivity index (χ3n) is 3.06. The van der Waals surface area contributed by atoms with Crippen LogP contribution in [0.5, 0.6) is 0 Å². The lowest BCUT2D eigenvalue weighted by molar-refractivity contribution is 0.577. The van der Waals surface area contributed by atoms with Crippen molar-refractivity contribution in [3.05, 3.63) is 69.5 Å². The van der Waals surface area contributed by atoms with E-state index in [9.17, 15) is 4.39 Å². The van der Waals surface area contributed by atoms with Gasteiger partial charge < -0.3 is 5.32 Å². The lowest BCUT2D eigenvalue weighted by Gasteiger charge is -2.19. The van der Waals surface area contributed by atoms with E-state index < -0.39 is 0 Å². The van der Waals surface area contributed by atoms with Crippen LogP contribution in [0.15, 0.2) is 42.5 Å². The van der Waals surface area contributed by atoms with Crippen molar-refractivity contribution in [1.29, 1.82) is 0 Å². The van der Waals surface area contributed by atoms with Crippen molar-refractivity contribution in [2.45, 2.75) is 12.5 Å². The van der Waals surface area contributed by atoms with Crippen molar-refractivity contribution in [3.63, 3.8) is 0 Å². The summed E-state index contributed by atoms with van der Waals surface area (Å²) >= 11 is 12.3. The number of rotatable bonds is 4. The van der Waals surface area contributed by atoms with E-state index in [0.717, 1.165) is 11.1 Å². The second-order valence-corrected chi connectivity index (χ2v) is 5.12. The number of hydrogen-bond donors (Lipinski definition) is 1. The standard InChI is InChI=1S/C15H14Cl2FN/c1-19-15(8-10-4-2-3-5-13(10)16)12-9-11(18)6-7-14(12)17/h2-7,9,15,19H,8H2,1H3. The summed E-state index contributed by atoms with van der Waals surface area (Å²) < 4.78 is 13.3. The van der Waals surface area contributed by atoms with Crippen LogP contribution in [0.4, 0.5) is 4.39 Å². The summed E-state index contributed by atoms with van der Waals surface area (Å²) in [6.07, 6.45) is 0.652. The minimum atomic E-state index is -0.293. The van der Waals surface area contributed by atoms with Gasteiger partial charge in [-0.1, -0.05) is 41.4 Å². The van der Waals surface area contributed by atoms with Crippen LogP contribution in [0.25, 0.3) is 0 Å². The molecular formula is C15H14Cl2FN. The van der Waals surface area contributed by atoms with Gasteiger partial charge in [-0.3, -0.25) is 0 Å². The monoisotopic (exact) mass is 297 g/mol. The minimum Gasteiger partial charge on any atom is -0.313 e. The van der Waals surface area contributed by atoms with Gasteiger partial charge in [-0.25, -0.2) is 4.39 Å². The first kappa shape index (κ1) is 14.3. The summed E-state index contributed by atoms with van der Waals surface area (Å²) in [5, 5.41) is 4.41. The Balaban J connectivity index is 2.30. The van der Waals surface area contributed by atoms with E-state index in [2.05, 4.69) is 5.32 Å². The van der Waals surface area contributed by atoms with E-state index in [1.807, 2.05) is 31.3 Å². The van der Waals surface area contributed by atoms with Gasteiger partial charge in [0.1, 0.15) is 5.82 Å². The number of nitrogens with one attached hydrogen (secondary N) is 1. The van der Waals surface area contributed by atoms with Gasteiger partial charge in [-0.05, 0) is 48.9 Å². The number of halogens is 3. The van der Waals surface area contributed by atoms with Crippen LogP contribution in [0, 0.1) is 5.82 Å². The van der Waals surface area contributed by atoms with Gasteiger partial charge in [-0.2, -0.15) is 0 Å². The smallest absolute Gasteiger partial charge is 0.123 e. The Kier molecular flexibility index (Phi) is 4.81. The highest BCUT2D eigenvalue weighted by Gasteiger charge is 2.15. The minimum absolute atomic E-state index is 0.0805. The van der Waals surface area contributed by atoms with Gasteiger partial charge in [-0.15, -0.1) is 0 Å². The molecule has 0 bridgehead atoms. The predicted octanol–water partition coefficient (Wildman–Crippen LogP) is 4.64. The molecule has 0 aliphatic carbocycles. The summed E-state index contributed by atoms with van der Waals surface area (Å²) in [7, 11) is 1.82. The highest BCUT2D eigenvalue weighted by molar-refractivity contribution is 6.31. The molecule has 1 unspecified atom stereocenters. The van der Waals surface area contributed by atoms with Crippen molar-refractivity contribution >= 4 is 23.2 Å². The second-order valence-electron chi connectivity index (χ2n) is 4.30. The fraction of sp³-hybridized carbons (Fsp3) is 0.200. The molecule has 0 heterocycles. The quantitative estimate of drug-likeness (QED) is 0.867. The highest BCUT2D eigenvalue weighted by Crippen LogP contribution is 2.28. The molecule has 1 nitrogen and oxygen atoms in total. The van der Waals surface area contributed by atoms with Crippen LogP contribution in [0.2, 0.25) is 10.0 Å². The molecule has 0 amide bonds. The Morgan fingerprint density at radius 3 is 2.53 bits per heavy atom. The Hall–Kier alpha value is -1.09. The van der Waals surface area contributed by atoms with Crippen LogP contribution in [0.1, 0.15) is 17.2 Å². The van der Waals surface area contributed by atoms with Crippen molar-refractivity contribution in [3.8, 4) is 0 Å². The van der Waals surface area contributed by atoms with Crippen LogP contribution in [-0.2, 0) is 6.42 Å². The summed E-state index contributed by atoms with van der Waals surface area (Å²) in [4.78, 5) is 0. The van der Waals surface area contributed by atoms with E-state index in [-0.39, 0.29) is 11.9 Å². The fourth-order valence-electron chi connectivity index (χ4n) is 2.03. The first-order valence-corrected chi connectivity index (χ1v) is 6.73. The molecule has 1 N–H and O–H groups in total. The number of benzene rings is 2. The maximum Gasteiger partial charge on any atom is 0.123 e. The van der Waals surface area contributed by atoms with Gasteiger partial charge in [0.05, 0.1) is 0 Å². The molecule has 2 aromatic carbocycles. The van der Waals surface area contributed by atoms with E-state index in [1.54, 1.807) is 6.07 Å². The molecule has 19 heavy (non-hydrogen) atoms. The van der Waals surface area contributed by atoms with Crippen molar-refractivity contribution in [2.24, 2.45) is 0 Å². The van der Waals surface area contributed by atoms with E-state index in [4.69, 9.17) is 23.2 Å². The first-order chi connectivity index (χ1) is 9.11. The molecule has 2 rings (SSSR count). The molecule has 0 saturated carbocycles. The Morgan fingerprint density at radius 1 is 1.11 bits per heavy atom. The molecule has 100 valence electrons. The molecule has 1 atom stereocenters. The number of likely N-dealkylation sites (N-methyl/N-ethyl adjacent to an activating group) is 1. The molecule has 0 spiro atoms. The largest absolute Gasteiger partial charge is 0.313 e. The van der Waals surface area contributed by atoms with Gasteiger partial charge in [0, 0.05) is 16.1 Å². The fourth-order valence-corrected chi connectivity index (χ4v) is 2.50. The third kappa shape index (κ3) is 3.47. The molecule has 0 radical (unpaired) electrons. The van der Waals surface area contributed by atoms with Gasteiger partial charge >= 0.3 is 0 Å². The average molecular weight is 298 g/mol. The van der Waals surface area contributed by atoms with Crippen LogP contribution >= 0.6 is 23.2 Å². The topological polar surface area (TPSA) is 12.0 Å². The Morgan fingerprint density at radius 2 is 1.84 bits per heavy atom. The molecule has 0 aliphatic rings. The average Bonchev–Trinajstić information content (AvgIpc) is 2.41. The summed E-state index contributed by atoms with van der Waals surface area (Å²) in [5.74, 6) is -0.293. The van der Waals surface area contributed by atoms with Gasteiger partial charge in [0.2, 0.25) is 0 Å². The summed E-state index contributed by atoms with van der Waals surface area (Å²) in [5.41, 5.74) is 1.74. The van der Waals surface area contributed by atoms with Crippen LogP contribution in [-0.4, -0.2) is 7.05 Å². The molecule has 0 aromatic heterocycles. The normalized spacial score (nSPS) is 12.4. The summed E-state index contributed by atoms with van der Waals surface area (Å²) in [6.45, 7) is 0. The Bertz CT molecular complexity index is 572. The predicted molar refractivity (Wildman–Crippen MR) is 78.4 cm³/mol. The molecule has 4 heteroatoms. The zero-order valence-corrected chi connectivity index (χ0v) is 12.0. The van der Waals surface area contributed by atoms with E-state index in [1.165, 1.54) is 12.1 Å². The lowest BCUT2D eigenvalue weighted by atomic mass is 9.99. The lowest BCUT2D eigenvalue weighted by Crippen LogP contribution is -2.19. The van der Waals surface area contributed by atoms with Crippen molar-refractivity contribution < 1.29 is 4.39 Å². The maximum absolute atomic E-state index is 13.3. The first-order valence-electron chi connectivity index (χ1n) is 5.97. The molecule has 0 saturated heterocycles. The van der Waals surface area contributed by atoms with Crippen molar-refractivity contribution in [1.82, 2.24) is 5.32 Å². The number of hydrogen-bond acceptors (Lipinski definition) is 1. The molecule has 0 aliphatic heterocycles. The highest BCUT2D eigenvalue weighted by atomic mass is 35.5. The van der Waals surface area contributed by atoms with Crippen LogP contribution in [0.3, 0.4) is 0 Å². The molecule has 0 fully saturated rings. The molecule has 2 aromatic rings. The van der Waals surface area contributed by atoms with E-state index >= 15 is 0 Å². The maximum atomic E-state index is 13.3. The third-order valence-corrected chi connectivity index (χ3v) is 3.78. The zero-order chi connectivity index (χ0) is 13.8. The van der Waals surface area contributed by atoms with E-state index in [0.29, 0.717) is 16.5 Å². The van der Waals surface area contributed by atoms with Crippen LogP contribution < -0.4 is 5.32 Å². The second kappa shape index (κ2) is 6.38. The zero-order valence-electron chi connectivity index (χ0n) is 10.5. The summed E-state index contributed by atoms with van der Waals surface area (Å²) in [6, 6.07) is 11.9. The van der Waals surface area contributed by atoms with Gasteiger partial charge in [0.25, 0.3) is 0 Å². The SMILES string of the molecule is CNC(Cc1ccccc1Cl)c1cc(F)ccc1Cl. The Labute approximate surface area is 122 Å². The molecular weight excluding hydrogens is 284 g/mol.